The highest BCUT2D eigenvalue weighted by Gasteiger charge is 2.38. The Balaban J connectivity index is 1.54. The number of nitrogens with one attached hydrogen (secondary N) is 1. The number of aromatic amines is 1. The molecule has 0 bridgehead atoms. The summed E-state index contributed by atoms with van der Waals surface area (Å²) < 4.78 is 11.1. The molecular weight excluding hydrogens is 320 g/mol. The van der Waals surface area contributed by atoms with Gasteiger partial charge >= 0.3 is 0 Å². The molecular formula is C18H24N4O3. The van der Waals surface area contributed by atoms with Gasteiger partial charge in [-0.3, -0.25) is 9.89 Å². The third-order valence-corrected chi connectivity index (χ3v) is 4.40. The normalized spacial score (nSPS) is 20.2. The molecule has 0 unspecified atom stereocenters. The van der Waals surface area contributed by atoms with Crippen LogP contribution in [0, 0.1) is 6.92 Å². The quantitative estimate of drug-likeness (QED) is 0.777. The molecule has 1 aliphatic rings. The minimum absolute atomic E-state index is 0.0120. The molecule has 2 aromatic rings. The maximum Gasteiger partial charge on any atom is 0.225 e. The highest BCUT2D eigenvalue weighted by atomic mass is 16.5. The van der Waals surface area contributed by atoms with E-state index >= 15 is 0 Å². The fraction of sp³-hybridized carbons (Fsp3) is 0.500. The van der Waals surface area contributed by atoms with Crippen molar-refractivity contribution in [3.63, 3.8) is 0 Å². The van der Waals surface area contributed by atoms with E-state index in [1.54, 1.807) is 7.11 Å². The number of amides is 1. The van der Waals surface area contributed by atoms with Crippen LogP contribution in [0.1, 0.15) is 36.1 Å². The Kier molecular flexibility index (Phi) is 5.78. The summed E-state index contributed by atoms with van der Waals surface area (Å²) in [6, 6.07) is 9.79. The first-order valence-electron chi connectivity index (χ1n) is 8.50. The minimum atomic E-state index is -0.142. The number of ether oxygens (including phenoxy) is 2. The monoisotopic (exact) mass is 344 g/mol. The summed E-state index contributed by atoms with van der Waals surface area (Å²) in [5.74, 6) is 1.44. The molecule has 25 heavy (non-hydrogen) atoms. The molecule has 1 amide bonds. The van der Waals surface area contributed by atoms with E-state index in [1.165, 1.54) is 0 Å². The number of H-pyrrole nitrogens is 1. The first kappa shape index (κ1) is 17.6. The van der Waals surface area contributed by atoms with Crippen molar-refractivity contribution < 1.29 is 14.3 Å². The van der Waals surface area contributed by atoms with Gasteiger partial charge in [-0.2, -0.15) is 5.10 Å². The lowest BCUT2D eigenvalue weighted by Gasteiger charge is -2.22. The van der Waals surface area contributed by atoms with Crippen molar-refractivity contribution in [2.24, 2.45) is 0 Å². The number of rotatable bonds is 7. The van der Waals surface area contributed by atoms with Crippen LogP contribution in [0.2, 0.25) is 0 Å². The third kappa shape index (κ3) is 4.43. The Labute approximate surface area is 147 Å². The zero-order chi connectivity index (χ0) is 17.6. The molecule has 0 radical (unpaired) electrons. The molecule has 2 heterocycles. The predicted octanol–water partition coefficient (Wildman–Crippen LogP) is 2.01. The zero-order valence-electron chi connectivity index (χ0n) is 14.6. The number of hydrogen-bond donors (Lipinski definition) is 1. The first-order chi connectivity index (χ1) is 12.2. The predicted molar refractivity (Wildman–Crippen MR) is 91.7 cm³/mol. The molecule has 0 saturated carbocycles. The number of benzene rings is 1. The highest BCUT2D eigenvalue weighted by molar-refractivity contribution is 5.77. The molecule has 134 valence electrons. The smallest absolute Gasteiger partial charge is 0.225 e. The summed E-state index contributed by atoms with van der Waals surface area (Å²) in [6.07, 6.45) is 1.06. The standard InChI is InChI=1S/C18H24N4O3/c1-13-19-18(21-20-13)16-10-15(24-2)11-22(16)17(23)8-9-25-12-14-6-4-3-5-7-14/h3-7,15-16H,8-12H2,1-2H3,(H,19,20,21)/t15-,16+/m1/s1. The Morgan fingerprint density at radius 1 is 1.36 bits per heavy atom. The van der Waals surface area contributed by atoms with Gasteiger partial charge in [0.05, 0.1) is 31.8 Å². The van der Waals surface area contributed by atoms with Gasteiger partial charge in [-0.1, -0.05) is 30.3 Å². The number of nitrogens with zero attached hydrogens (tertiary/aromatic N) is 3. The number of methoxy groups -OCH3 is 1. The van der Waals surface area contributed by atoms with Crippen molar-refractivity contribution in [1.29, 1.82) is 0 Å². The molecule has 3 rings (SSSR count). The second-order valence-electron chi connectivity index (χ2n) is 6.22. The Hall–Kier alpha value is -2.25. The van der Waals surface area contributed by atoms with Gasteiger partial charge in [0.1, 0.15) is 5.82 Å². The number of aryl methyl sites for hydroxylation is 1. The van der Waals surface area contributed by atoms with E-state index in [2.05, 4.69) is 15.2 Å². The van der Waals surface area contributed by atoms with E-state index in [9.17, 15) is 4.79 Å². The van der Waals surface area contributed by atoms with E-state index in [0.29, 0.717) is 38.4 Å². The molecule has 1 N–H and O–H groups in total. The molecule has 1 aliphatic heterocycles. The Morgan fingerprint density at radius 3 is 2.84 bits per heavy atom. The van der Waals surface area contributed by atoms with Gasteiger partial charge in [0.2, 0.25) is 5.91 Å². The number of carbonyl (C=O) groups excluding carboxylic acids is 1. The van der Waals surface area contributed by atoms with Crippen molar-refractivity contribution in [2.75, 3.05) is 20.3 Å². The van der Waals surface area contributed by atoms with Gasteiger partial charge in [0.15, 0.2) is 5.82 Å². The second-order valence-corrected chi connectivity index (χ2v) is 6.22. The minimum Gasteiger partial charge on any atom is -0.380 e. The molecule has 0 spiro atoms. The molecule has 1 fully saturated rings. The van der Waals surface area contributed by atoms with Gasteiger partial charge in [0, 0.05) is 20.1 Å². The third-order valence-electron chi connectivity index (χ3n) is 4.40. The Bertz CT molecular complexity index is 689. The molecule has 2 atom stereocenters. The molecule has 1 aromatic heterocycles. The fourth-order valence-electron chi connectivity index (χ4n) is 3.06. The van der Waals surface area contributed by atoms with Gasteiger partial charge in [0.25, 0.3) is 0 Å². The summed E-state index contributed by atoms with van der Waals surface area (Å²) >= 11 is 0. The van der Waals surface area contributed by atoms with Crippen LogP contribution in [0.15, 0.2) is 30.3 Å². The van der Waals surface area contributed by atoms with Gasteiger partial charge in [-0.05, 0) is 12.5 Å². The average molecular weight is 344 g/mol. The number of hydrogen-bond acceptors (Lipinski definition) is 5. The molecule has 1 saturated heterocycles. The van der Waals surface area contributed by atoms with Crippen LogP contribution in [0.3, 0.4) is 0 Å². The lowest BCUT2D eigenvalue weighted by Crippen LogP contribution is -2.33. The highest BCUT2D eigenvalue weighted by Crippen LogP contribution is 2.31. The van der Waals surface area contributed by atoms with E-state index in [0.717, 1.165) is 11.4 Å². The van der Waals surface area contributed by atoms with Crippen LogP contribution in [0.5, 0.6) is 0 Å². The Morgan fingerprint density at radius 2 is 2.16 bits per heavy atom. The van der Waals surface area contributed by atoms with Crippen LogP contribution in [0.4, 0.5) is 0 Å². The van der Waals surface area contributed by atoms with Crippen LogP contribution in [-0.4, -0.2) is 52.4 Å². The summed E-state index contributed by atoms with van der Waals surface area (Å²) in [7, 11) is 1.67. The van der Waals surface area contributed by atoms with Crippen LogP contribution in [-0.2, 0) is 20.9 Å². The summed E-state index contributed by atoms with van der Waals surface area (Å²) in [5.41, 5.74) is 1.10. The van der Waals surface area contributed by atoms with Crippen molar-refractivity contribution in [3.8, 4) is 0 Å². The van der Waals surface area contributed by atoms with E-state index in [1.807, 2.05) is 42.2 Å². The lowest BCUT2D eigenvalue weighted by molar-refractivity contribution is -0.133. The first-order valence-corrected chi connectivity index (χ1v) is 8.50. The van der Waals surface area contributed by atoms with Crippen molar-refractivity contribution >= 4 is 5.91 Å². The number of likely N-dealkylation sites (tertiary alicyclic amines) is 1. The largest absolute Gasteiger partial charge is 0.380 e. The number of aromatic nitrogens is 3. The van der Waals surface area contributed by atoms with Crippen molar-refractivity contribution in [1.82, 2.24) is 20.1 Å². The fourth-order valence-corrected chi connectivity index (χ4v) is 3.06. The molecule has 7 nitrogen and oxygen atoms in total. The zero-order valence-corrected chi connectivity index (χ0v) is 14.6. The average Bonchev–Trinajstić information content (AvgIpc) is 3.25. The molecule has 7 heteroatoms. The summed E-state index contributed by atoms with van der Waals surface area (Å²) in [6.45, 7) is 3.31. The van der Waals surface area contributed by atoms with Gasteiger partial charge < -0.3 is 14.4 Å². The van der Waals surface area contributed by atoms with Crippen LogP contribution in [0.25, 0.3) is 0 Å². The lowest BCUT2D eigenvalue weighted by atomic mass is 10.2. The molecule has 1 aromatic carbocycles. The SMILES string of the molecule is CO[C@@H]1C[C@@H](c2n[nH]c(C)n2)N(C(=O)CCOCc2ccccc2)C1. The maximum absolute atomic E-state index is 12.6. The molecule has 0 aliphatic carbocycles. The van der Waals surface area contributed by atoms with Crippen molar-refractivity contribution in [3.05, 3.63) is 47.5 Å². The van der Waals surface area contributed by atoms with Crippen molar-refractivity contribution in [2.45, 2.75) is 38.5 Å². The topological polar surface area (TPSA) is 80.3 Å². The maximum atomic E-state index is 12.6. The van der Waals surface area contributed by atoms with Gasteiger partial charge in [-0.25, -0.2) is 4.98 Å². The van der Waals surface area contributed by atoms with E-state index in [4.69, 9.17) is 9.47 Å². The second kappa shape index (κ2) is 8.22. The summed E-state index contributed by atoms with van der Waals surface area (Å²) in [4.78, 5) is 18.8. The number of carbonyl (C=O) groups is 1. The van der Waals surface area contributed by atoms with Gasteiger partial charge in [-0.15, -0.1) is 0 Å². The van der Waals surface area contributed by atoms with E-state index in [-0.39, 0.29) is 18.1 Å². The van der Waals surface area contributed by atoms with E-state index < -0.39 is 0 Å². The summed E-state index contributed by atoms with van der Waals surface area (Å²) in [5, 5.41) is 7.06. The van der Waals surface area contributed by atoms with Crippen LogP contribution >= 0.6 is 0 Å². The van der Waals surface area contributed by atoms with Crippen LogP contribution < -0.4 is 0 Å².